The van der Waals surface area contributed by atoms with Crippen molar-refractivity contribution in [3.63, 3.8) is 0 Å². The number of aromatic nitrogens is 2. The summed E-state index contributed by atoms with van der Waals surface area (Å²) in [6.45, 7) is 3.18. The molecule has 0 N–H and O–H groups in total. The Bertz CT molecular complexity index is 876. The predicted octanol–water partition coefficient (Wildman–Crippen LogP) is 3.08. The van der Waals surface area contributed by atoms with Crippen molar-refractivity contribution in [2.75, 3.05) is 26.5 Å². The quantitative estimate of drug-likeness (QED) is 0.561. The lowest BCUT2D eigenvalue weighted by Crippen LogP contribution is -2.28. The Morgan fingerprint density at radius 3 is 2.30 bits per heavy atom. The van der Waals surface area contributed by atoms with Crippen LogP contribution in [0.5, 0.6) is 5.75 Å². The first kappa shape index (κ1) is 21.8. The standard InChI is InChI=1S/C17H21Cl2N3O4S/c1-12-15(17(19)21-20-16(12)18)11-22(8-9-26-27(3,23)24)10-13-4-6-14(25-2)7-5-13/h4-7H,8-11H2,1-3H3. The van der Waals surface area contributed by atoms with Gasteiger partial charge in [0.15, 0.2) is 10.3 Å². The van der Waals surface area contributed by atoms with Crippen molar-refractivity contribution in [1.82, 2.24) is 15.1 Å². The van der Waals surface area contributed by atoms with Crippen LogP contribution in [0, 0.1) is 6.92 Å². The highest BCUT2D eigenvalue weighted by molar-refractivity contribution is 7.85. The molecule has 0 saturated carbocycles. The largest absolute Gasteiger partial charge is 0.497 e. The molecule has 0 spiro atoms. The molecule has 27 heavy (non-hydrogen) atoms. The minimum Gasteiger partial charge on any atom is -0.497 e. The van der Waals surface area contributed by atoms with E-state index in [-0.39, 0.29) is 16.9 Å². The van der Waals surface area contributed by atoms with Crippen LogP contribution >= 0.6 is 23.2 Å². The molecule has 1 aromatic carbocycles. The fraction of sp³-hybridized carbons (Fsp3) is 0.412. The molecular weight excluding hydrogens is 413 g/mol. The van der Waals surface area contributed by atoms with Gasteiger partial charge < -0.3 is 4.74 Å². The molecule has 0 aliphatic heterocycles. The molecule has 0 bridgehead atoms. The second-order valence-electron chi connectivity index (χ2n) is 5.97. The normalized spacial score (nSPS) is 11.8. The molecule has 7 nitrogen and oxygen atoms in total. The summed E-state index contributed by atoms with van der Waals surface area (Å²) in [6, 6.07) is 7.61. The van der Waals surface area contributed by atoms with Crippen LogP contribution < -0.4 is 4.74 Å². The third-order valence-electron chi connectivity index (χ3n) is 3.89. The molecule has 148 valence electrons. The summed E-state index contributed by atoms with van der Waals surface area (Å²) in [5.74, 6) is 0.759. The molecule has 0 atom stereocenters. The molecule has 1 heterocycles. The first-order chi connectivity index (χ1) is 12.7. The van der Waals surface area contributed by atoms with Gasteiger partial charge in [0.2, 0.25) is 0 Å². The van der Waals surface area contributed by atoms with Crippen LogP contribution in [0.15, 0.2) is 24.3 Å². The lowest BCUT2D eigenvalue weighted by Gasteiger charge is -2.23. The topological polar surface area (TPSA) is 81.6 Å². The minimum atomic E-state index is -3.51. The zero-order chi connectivity index (χ0) is 20.0. The zero-order valence-corrected chi connectivity index (χ0v) is 17.6. The lowest BCUT2D eigenvalue weighted by atomic mass is 10.1. The Kier molecular flexibility index (Phi) is 7.81. The highest BCUT2D eigenvalue weighted by Crippen LogP contribution is 2.24. The van der Waals surface area contributed by atoms with Gasteiger partial charge in [0, 0.05) is 25.2 Å². The number of halogens is 2. The molecule has 1 aromatic heterocycles. The second-order valence-corrected chi connectivity index (χ2v) is 8.33. The van der Waals surface area contributed by atoms with E-state index < -0.39 is 10.1 Å². The van der Waals surface area contributed by atoms with Crippen molar-refractivity contribution in [3.05, 3.63) is 51.3 Å². The molecule has 0 fully saturated rings. The van der Waals surface area contributed by atoms with E-state index in [1.807, 2.05) is 36.1 Å². The van der Waals surface area contributed by atoms with Crippen molar-refractivity contribution < 1.29 is 17.3 Å². The maximum atomic E-state index is 11.2. The molecule has 0 saturated heterocycles. The van der Waals surface area contributed by atoms with Gasteiger partial charge in [-0.15, -0.1) is 10.2 Å². The SMILES string of the molecule is COc1ccc(CN(CCOS(C)(=O)=O)Cc2c(Cl)nnc(Cl)c2C)cc1. The molecule has 0 unspecified atom stereocenters. The Hall–Kier alpha value is -1.45. The highest BCUT2D eigenvalue weighted by Gasteiger charge is 2.16. The van der Waals surface area contributed by atoms with Gasteiger partial charge in [-0.2, -0.15) is 8.42 Å². The van der Waals surface area contributed by atoms with Gasteiger partial charge in [-0.05, 0) is 30.2 Å². The summed E-state index contributed by atoms with van der Waals surface area (Å²) in [4.78, 5) is 2.00. The molecule has 0 radical (unpaired) electrons. The number of ether oxygens (including phenoxy) is 1. The maximum absolute atomic E-state index is 11.2. The van der Waals surface area contributed by atoms with E-state index in [2.05, 4.69) is 10.2 Å². The summed E-state index contributed by atoms with van der Waals surface area (Å²) < 4.78 is 32.5. The fourth-order valence-electron chi connectivity index (χ4n) is 2.43. The van der Waals surface area contributed by atoms with Crippen LogP contribution in [0.2, 0.25) is 10.3 Å². The third kappa shape index (κ3) is 6.90. The lowest BCUT2D eigenvalue weighted by molar-refractivity contribution is 0.200. The molecule has 0 amide bonds. The van der Waals surface area contributed by atoms with Crippen molar-refractivity contribution >= 4 is 33.3 Å². The molecule has 2 rings (SSSR count). The van der Waals surface area contributed by atoms with Crippen LogP contribution in [0.25, 0.3) is 0 Å². The van der Waals surface area contributed by atoms with Gasteiger partial charge in [0.05, 0.1) is 20.0 Å². The highest BCUT2D eigenvalue weighted by atomic mass is 35.5. The molecule has 10 heteroatoms. The van der Waals surface area contributed by atoms with E-state index in [0.717, 1.165) is 28.7 Å². The predicted molar refractivity (Wildman–Crippen MR) is 105 cm³/mol. The van der Waals surface area contributed by atoms with E-state index in [0.29, 0.717) is 19.6 Å². The zero-order valence-electron chi connectivity index (χ0n) is 15.3. The maximum Gasteiger partial charge on any atom is 0.264 e. The van der Waals surface area contributed by atoms with Crippen LogP contribution in [0.1, 0.15) is 16.7 Å². The summed E-state index contributed by atoms with van der Waals surface area (Å²) in [5.41, 5.74) is 2.50. The monoisotopic (exact) mass is 433 g/mol. The Labute approximate surface area is 169 Å². The Balaban J connectivity index is 2.19. The van der Waals surface area contributed by atoms with Gasteiger partial charge in [0.25, 0.3) is 10.1 Å². The Morgan fingerprint density at radius 2 is 1.70 bits per heavy atom. The fourth-order valence-corrected chi connectivity index (χ4v) is 3.20. The second kappa shape index (κ2) is 9.66. The summed E-state index contributed by atoms with van der Waals surface area (Å²) in [6.07, 6.45) is 1.02. The van der Waals surface area contributed by atoms with Crippen LogP contribution in [0.3, 0.4) is 0 Å². The Morgan fingerprint density at radius 1 is 1.07 bits per heavy atom. The van der Waals surface area contributed by atoms with Gasteiger partial charge in [-0.3, -0.25) is 9.08 Å². The average Bonchev–Trinajstić information content (AvgIpc) is 2.61. The average molecular weight is 434 g/mol. The number of methoxy groups -OCH3 is 1. The summed E-state index contributed by atoms with van der Waals surface area (Å²) in [7, 11) is -1.90. The van der Waals surface area contributed by atoms with E-state index in [1.165, 1.54) is 0 Å². The molecule has 2 aromatic rings. The summed E-state index contributed by atoms with van der Waals surface area (Å²) in [5, 5.41) is 8.19. The van der Waals surface area contributed by atoms with Crippen LogP contribution in [0.4, 0.5) is 0 Å². The van der Waals surface area contributed by atoms with E-state index in [4.69, 9.17) is 32.1 Å². The van der Waals surface area contributed by atoms with Crippen LogP contribution in [-0.2, 0) is 27.4 Å². The molecular formula is C17H21Cl2N3O4S. The third-order valence-corrected chi connectivity index (χ3v) is 5.15. The summed E-state index contributed by atoms with van der Waals surface area (Å²) >= 11 is 12.3. The van der Waals surface area contributed by atoms with E-state index in [1.54, 1.807) is 7.11 Å². The van der Waals surface area contributed by atoms with Crippen LogP contribution in [-0.4, -0.2) is 50.0 Å². The van der Waals surface area contributed by atoms with Crippen molar-refractivity contribution in [2.24, 2.45) is 0 Å². The first-order valence-electron chi connectivity index (χ1n) is 8.06. The number of hydrogen-bond acceptors (Lipinski definition) is 7. The van der Waals surface area contributed by atoms with Gasteiger partial charge in [-0.25, -0.2) is 0 Å². The smallest absolute Gasteiger partial charge is 0.264 e. The van der Waals surface area contributed by atoms with Gasteiger partial charge in [0.1, 0.15) is 5.75 Å². The van der Waals surface area contributed by atoms with E-state index in [9.17, 15) is 8.42 Å². The van der Waals surface area contributed by atoms with Gasteiger partial charge >= 0.3 is 0 Å². The van der Waals surface area contributed by atoms with E-state index >= 15 is 0 Å². The molecule has 0 aliphatic carbocycles. The first-order valence-corrected chi connectivity index (χ1v) is 10.6. The van der Waals surface area contributed by atoms with Crippen molar-refractivity contribution in [3.8, 4) is 5.75 Å². The number of hydrogen-bond donors (Lipinski definition) is 0. The van der Waals surface area contributed by atoms with Gasteiger partial charge in [-0.1, -0.05) is 35.3 Å². The number of rotatable bonds is 9. The minimum absolute atomic E-state index is 0.0257. The van der Waals surface area contributed by atoms with Crippen molar-refractivity contribution in [2.45, 2.75) is 20.0 Å². The molecule has 0 aliphatic rings. The number of benzene rings is 1. The van der Waals surface area contributed by atoms with Crippen molar-refractivity contribution in [1.29, 1.82) is 0 Å². The number of nitrogens with zero attached hydrogens (tertiary/aromatic N) is 3.